The molecule has 1 amide bonds. The second kappa shape index (κ2) is 5.54. The first kappa shape index (κ1) is 12.4. The smallest absolute Gasteiger partial charge is 0.260 e. The second-order valence-corrected chi connectivity index (χ2v) is 4.51. The van der Waals surface area contributed by atoms with E-state index in [1.165, 1.54) is 6.42 Å². The van der Waals surface area contributed by atoms with E-state index in [-0.39, 0.29) is 12.5 Å². The van der Waals surface area contributed by atoms with Gasteiger partial charge in [0.25, 0.3) is 5.91 Å². The summed E-state index contributed by atoms with van der Waals surface area (Å²) in [4.78, 5) is 13.6. The third-order valence-corrected chi connectivity index (χ3v) is 3.36. The van der Waals surface area contributed by atoms with Crippen LogP contribution in [0.1, 0.15) is 24.8 Å². The molecule has 18 heavy (non-hydrogen) atoms. The zero-order valence-corrected chi connectivity index (χ0v) is 10.4. The van der Waals surface area contributed by atoms with Gasteiger partial charge in [-0.3, -0.25) is 4.79 Å². The van der Waals surface area contributed by atoms with Crippen LogP contribution in [0.4, 0.5) is 0 Å². The van der Waals surface area contributed by atoms with Crippen molar-refractivity contribution in [1.82, 2.24) is 4.90 Å². The van der Waals surface area contributed by atoms with Crippen molar-refractivity contribution in [3.05, 3.63) is 29.8 Å². The highest BCUT2D eigenvalue weighted by Gasteiger charge is 2.25. The molecule has 1 aliphatic carbocycles. The number of nitrogens with zero attached hydrogens (tertiary/aromatic N) is 2. The summed E-state index contributed by atoms with van der Waals surface area (Å²) in [7, 11) is 1.83. The van der Waals surface area contributed by atoms with Crippen LogP contribution in [0.5, 0.6) is 5.75 Å². The van der Waals surface area contributed by atoms with Crippen molar-refractivity contribution in [3.63, 3.8) is 0 Å². The Morgan fingerprint density at radius 3 is 2.61 bits per heavy atom. The molecule has 1 aromatic rings. The molecule has 0 spiro atoms. The molecule has 0 heterocycles. The van der Waals surface area contributed by atoms with E-state index < -0.39 is 0 Å². The lowest BCUT2D eigenvalue weighted by molar-refractivity contribution is -0.135. The van der Waals surface area contributed by atoms with Crippen LogP contribution in [0, 0.1) is 11.3 Å². The van der Waals surface area contributed by atoms with Gasteiger partial charge in [0.15, 0.2) is 6.61 Å². The Labute approximate surface area is 107 Å². The van der Waals surface area contributed by atoms with Gasteiger partial charge in [-0.05, 0) is 43.5 Å². The number of hydrogen-bond acceptors (Lipinski definition) is 3. The van der Waals surface area contributed by atoms with Crippen LogP contribution in [0.15, 0.2) is 24.3 Å². The quantitative estimate of drug-likeness (QED) is 0.813. The molecule has 2 rings (SSSR count). The van der Waals surface area contributed by atoms with Gasteiger partial charge >= 0.3 is 0 Å². The minimum atomic E-state index is 0.00376. The maximum absolute atomic E-state index is 11.8. The van der Waals surface area contributed by atoms with Crippen molar-refractivity contribution in [2.24, 2.45) is 0 Å². The average molecular weight is 244 g/mol. The molecular weight excluding hydrogens is 228 g/mol. The Morgan fingerprint density at radius 2 is 2.11 bits per heavy atom. The molecule has 1 aliphatic rings. The highest BCUT2D eigenvalue weighted by molar-refractivity contribution is 5.77. The van der Waals surface area contributed by atoms with Crippen LogP contribution in [-0.4, -0.2) is 30.5 Å². The number of likely N-dealkylation sites (N-methyl/N-ethyl adjacent to an activating group) is 1. The molecule has 0 radical (unpaired) electrons. The van der Waals surface area contributed by atoms with Gasteiger partial charge in [0.2, 0.25) is 0 Å². The van der Waals surface area contributed by atoms with Crippen LogP contribution < -0.4 is 4.74 Å². The predicted molar refractivity (Wildman–Crippen MR) is 67.1 cm³/mol. The third kappa shape index (κ3) is 2.80. The molecule has 0 bridgehead atoms. The van der Waals surface area contributed by atoms with Gasteiger partial charge in [0.05, 0.1) is 11.6 Å². The van der Waals surface area contributed by atoms with E-state index in [2.05, 4.69) is 0 Å². The largest absolute Gasteiger partial charge is 0.484 e. The topological polar surface area (TPSA) is 53.3 Å². The molecule has 0 saturated heterocycles. The molecule has 0 unspecified atom stereocenters. The van der Waals surface area contributed by atoms with Crippen LogP contribution >= 0.6 is 0 Å². The van der Waals surface area contributed by atoms with Gasteiger partial charge in [-0.2, -0.15) is 5.26 Å². The molecule has 0 aliphatic heterocycles. The highest BCUT2D eigenvalue weighted by Crippen LogP contribution is 2.23. The van der Waals surface area contributed by atoms with Crippen LogP contribution in [0.2, 0.25) is 0 Å². The minimum absolute atomic E-state index is 0.00376. The first-order chi connectivity index (χ1) is 8.70. The monoisotopic (exact) mass is 244 g/mol. The summed E-state index contributed by atoms with van der Waals surface area (Å²) in [6.45, 7) is 0.0545. The van der Waals surface area contributed by atoms with E-state index in [1.54, 1.807) is 29.2 Å². The van der Waals surface area contributed by atoms with Gasteiger partial charge in [-0.25, -0.2) is 0 Å². The van der Waals surface area contributed by atoms with Crippen molar-refractivity contribution in [1.29, 1.82) is 5.26 Å². The Bertz CT molecular complexity index is 458. The van der Waals surface area contributed by atoms with Crippen molar-refractivity contribution in [2.75, 3.05) is 13.7 Å². The van der Waals surface area contributed by atoms with E-state index >= 15 is 0 Å². The molecule has 4 nitrogen and oxygen atoms in total. The fourth-order valence-electron chi connectivity index (χ4n) is 1.85. The normalized spacial score (nSPS) is 14.4. The molecule has 4 heteroatoms. The number of carbonyl (C=O) groups is 1. The summed E-state index contributed by atoms with van der Waals surface area (Å²) in [6, 6.07) is 9.19. The zero-order chi connectivity index (χ0) is 13.0. The lowest BCUT2D eigenvalue weighted by atomic mass is 9.92. The number of ether oxygens (including phenoxy) is 1. The molecule has 94 valence electrons. The van der Waals surface area contributed by atoms with E-state index in [0.717, 1.165) is 12.8 Å². The number of rotatable bonds is 4. The second-order valence-electron chi connectivity index (χ2n) is 4.51. The standard InChI is InChI=1S/C14H16N2O2/c1-16(12-3-2-4-12)14(17)10-18-13-7-5-11(9-15)6-8-13/h5-8,12H,2-4,10H2,1H3. The molecule has 1 saturated carbocycles. The summed E-state index contributed by atoms with van der Waals surface area (Å²) >= 11 is 0. The van der Waals surface area contributed by atoms with Gasteiger partial charge in [-0.15, -0.1) is 0 Å². The maximum atomic E-state index is 11.8. The molecule has 1 aromatic carbocycles. The Morgan fingerprint density at radius 1 is 1.44 bits per heavy atom. The average Bonchev–Trinajstić information content (AvgIpc) is 2.34. The number of nitriles is 1. The molecule has 1 fully saturated rings. The van der Waals surface area contributed by atoms with Crippen molar-refractivity contribution in [3.8, 4) is 11.8 Å². The highest BCUT2D eigenvalue weighted by atomic mass is 16.5. The Balaban J connectivity index is 1.83. The summed E-state index contributed by atoms with van der Waals surface area (Å²) in [5.74, 6) is 0.619. The lowest BCUT2D eigenvalue weighted by Gasteiger charge is -2.34. The molecular formula is C14H16N2O2. The maximum Gasteiger partial charge on any atom is 0.260 e. The summed E-state index contributed by atoms with van der Waals surface area (Å²) in [6.07, 6.45) is 3.40. The van der Waals surface area contributed by atoms with E-state index in [9.17, 15) is 4.79 Å². The van der Waals surface area contributed by atoms with Crippen molar-refractivity contribution >= 4 is 5.91 Å². The van der Waals surface area contributed by atoms with Crippen LogP contribution in [-0.2, 0) is 4.79 Å². The SMILES string of the molecule is CN(C(=O)COc1ccc(C#N)cc1)C1CCC1. The van der Waals surface area contributed by atoms with Gasteiger partial charge in [-0.1, -0.05) is 0 Å². The minimum Gasteiger partial charge on any atom is -0.484 e. The predicted octanol–water partition coefficient (Wildman–Crippen LogP) is 1.95. The molecule has 0 atom stereocenters. The van der Waals surface area contributed by atoms with Gasteiger partial charge in [0, 0.05) is 13.1 Å². The lowest BCUT2D eigenvalue weighted by Crippen LogP contribution is -2.43. The summed E-state index contributed by atoms with van der Waals surface area (Å²) in [5, 5.41) is 8.66. The first-order valence-corrected chi connectivity index (χ1v) is 6.09. The third-order valence-electron chi connectivity index (χ3n) is 3.36. The van der Waals surface area contributed by atoms with Gasteiger partial charge in [0.1, 0.15) is 5.75 Å². The van der Waals surface area contributed by atoms with E-state index in [4.69, 9.17) is 10.00 Å². The number of benzene rings is 1. The zero-order valence-electron chi connectivity index (χ0n) is 10.4. The van der Waals surface area contributed by atoms with Crippen molar-refractivity contribution < 1.29 is 9.53 Å². The van der Waals surface area contributed by atoms with E-state index in [1.807, 2.05) is 13.1 Å². The Kier molecular flexibility index (Phi) is 3.83. The van der Waals surface area contributed by atoms with Crippen molar-refractivity contribution in [2.45, 2.75) is 25.3 Å². The molecule has 0 aromatic heterocycles. The Hall–Kier alpha value is -2.02. The number of amides is 1. The van der Waals surface area contributed by atoms with E-state index in [0.29, 0.717) is 17.4 Å². The van der Waals surface area contributed by atoms with Crippen LogP contribution in [0.3, 0.4) is 0 Å². The number of hydrogen-bond donors (Lipinski definition) is 0. The summed E-state index contributed by atoms with van der Waals surface area (Å²) in [5.41, 5.74) is 0.584. The van der Waals surface area contributed by atoms with Gasteiger partial charge < -0.3 is 9.64 Å². The summed E-state index contributed by atoms with van der Waals surface area (Å²) < 4.78 is 5.41. The fourth-order valence-corrected chi connectivity index (χ4v) is 1.85. The fraction of sp³-hybridized carbons (Fsp3) is 0.429. The first-order valence-electron chi connectivity index (χ1n) is 6.09. The molecule has 0 N–H and O–H groups in total. The number of carbonyl (C=O) groups excluding carboxylic acids is 1. The van der Waals surface area contributed by atoms with Crippen LogP contribution in [0.25, 0.3) is 0 Å².